The first-order chi connectivity index (χ1) is 8.22. The van der Waals surface area contributed by atoms with Gasteiger partial charge in [-0.3, -0.25) is 4.90 Å². The molecule has 3 heteroatoms. The van der Waals surface area contributed by atoms with E-state index in [1.54, 1.807) is 7.11 Å². The fraction of sp³-hybridized carbons (Fsp3) is 0.571. The van der Waals surface area contributed by atoms with Crippen LogP contribution in [0.3, 0.4) is 0 Å². The Labute approximate surface area is 104 Å². The zero-order chi connectivity index (χ0) is 12.3. The molecule has 0 saturated carbocycles. The summed E-state index contributed by atoms with van der Waals surface area (Å²) in [6.45, 7) is 5.66. The Balaban J connectivity index is 2.03. The lowest BCUT2D eigenvalue weighted by Crippen LogP contribution is -2.20. The third kappa shape index (κ3) is 2.91. The van der Waals surface area contributed by atoms with Gasteiger partial charge in [0, 0.05) is 30.4 Å². The molecule has 94 valence electrons. The minimum atomic E-state index is 0.762. The van der Waals surface area contributed by atoms with Gasteiger partial charge in [0.2, 0.25) is 0 Å². The van der Waals surface area contributed by atoms with Gasteiger partial charge in [-0.15, -0.1) is 0 Å². The van der Waals surface area contributed by atoms with Crippen molar-refractivity contribution in [3.05, 3.63) is 23.8 Å². The highest BCUT2D eigenvalue weighted by molar-refractivity contribution is 5.48. The molecular formula is C14H22N2O. The number of ether oxygens (including phenoxy) is 1. The van der Waals surface area contributed by atoms with Crippen LogP contribution in [-0.2, 0) is 6.54 Å². The number of methoxy groups -OCH3 is 1. The van der Waals surface area contributed by atoms with Crippen LogP contribution in [0.5, 0.6) is 5.75 Å². The van der Waals surface area contributed by atoms with Crippen LogP contribution >= 0.6 is 0 Å². The Morgan fingerprint density at radius 1 is 1.47 bits per heavy atom. The van der Waals surface area contributed by atoms with Crippen LogP contribution in [0.15, 0.2) is 18.2 Å². The quantitative estimate of drug-likeness (QED) is 0.814. The molecule has 3 nitrogen and oxygen atoms in total. The third-order valence-corrected chi connectivity index (χ3v) is 3.65. The maximum atomic E-state index is 5.76. The van der Waals surface area contributed by atoms with E-state index in [1.165, 1.54) is 31.5 Å². The molecule has 2 rings (SSSR count). The van der Waals surface area contributed by atoms with E-state index in [4.69, 9.17) is 10.5 Å². The van der Waals surface area contributed by atoms with Crippen LogP contribution in [-0.4, -0.2) is 25.1 Å². The van der Waals surface area contributed by atoms with Gasteiger partial charge in [0.05, 0.1) is 7.11 Å². The van der Waals surface area contributed by atoms with Crippen molar-refractivity contribution in [2.75, 3.05) is 25.9 Å². The number of likely N-dealkylation sites (tertiary alicyclic amines) is 1. The van der Waals surface area contributed by atoms with Crippen LogP contribution in [0.4, 0.5) is 5.69 Å². The van der Waals surface area contributed by atoms with E-state index in [-0.39, 0.29) is 0 Å². The van der Waals surface area contributed by atoms with E-state index in [0.29, 0.717) is 0 Å². The smallest absolute Gasteiger partial charge is 0.125 e. The van der Waals surface area contributed by atoms with Crippen LogP contribution in [0.25, 0.3) is 0 Å². The molecule has 1 unspecified atom stereocenters. The lowest BCUT2D eigenvalue weighted by Gasteiger charge is -2.18. The first-order valence-corrected chi connectivity index (χ1v) is 6.37. The monoisotopic (exact) mass is 234 g/mol. The molecular weight excluding hydrogens is 212 g/mol. The van der Waals surface area contributed by atoms with Crippen molar-refractivity contribution in [3.63, 3.8) is 0 Å². The van der Waals surface area contributed by atoms with Crippen molar-refractivity contribution in [2.24, 2.45) is 5.92 Å². The number of benzene rings is 1. The zero-order valence-electron chi connectivity index (χ0n) is 10.8. The molecule has 0 spiro atoms. The van der Waals surface area contributed by atoms with Gasteiger partial charge in [-0.05, 0) is 24.9 Å². The molecule has 17 heavy (non-hydrogen) atoms. The molecule has 1 saturated heterocycles. The summed E-state index contributed by atoms with van der Waals surface area (Å²) in [5, 5.41) is 0. The van der Waals surface area contributed by atoms with Gasteiger partial charge in [0.25, 0.3) is 0 Å². The average molecular weight is 234 g/mol. The summed E-state index contributed by atoms with van der Waals surface area (Å²) < 4.78 is 5.38. The Hall–Kier alpha value is -1.22. The molecule has 1 fully saturated rings. The van der Waals surface area contributed by atoms with Gasteiger partial charge >= 0.3 is 0 Å². The van der Waals surface area contributed by atoms with Gasteiger partial charge in [-0.2, -0.15) is 0 Å². The summed E-state index contributed by atoms with van der Waals surface area (Å²) in [6, 6.07) is 5.93. The summed E-state index contributed by atoms with van der Waals surface area (Å²) in [4.78, 5) is 2.50. The van der Waals surface area contributed by atoms with Gasteiger partial charge in [-0.1, -0.05) is 19.4 Å². The van der Waals surface area contributed by atoms with Crippen LogP contribution in [0.1, 0.15) is 25.3 Å². The van der Waals surface area contributed by atoms with Crippen molar-refractivity contribution in [2.45, 2.75) is 26.3 Å². The number of nitrogens with two attached hydrogens (primary N) is 1. The average Bonchev–Trinajstić information content (AvgIpc) is 2.79. The maximum Gasteiger partial charge on any atom is 0.125 e. The number of nitrogens with zero attached hydrogens (tertiary/aromatic N) is 1. The first kappa shape index (κ1) is 12.2. The molecule has 0 radical (unpaired) electrons. The SMILES string of the molecule is CCC1CCN(Cc2ccc(N)cc2OC)C1. The van der Waals surface area contributed by atoms with Crippen molar-refractivity contribution in [1.29, 1.82) is 0 Å². The van der Waals surface area contributed by atoms with Crippen LogP contribution in [0, 0.1) is 5.92 Å². The molecule has 0 amide bonds. The molecule has 0 bridgehead atoms. The normalized spacial score (nSPS) is 20.7. The molecule has 0 aliphatic carbocycles. The minimum Gasteiger partial charge on any atom is -0.496 e. The predicted molar refractivity (Wildman–Crippen MR) is 71.1 cm³/mol. The Bertz CT molecular complexity index is 378. The lowest BCUT2D eigenvalue weighted by atomic mass is 10.1. The van der Waals surface area contributed by atoms with E-state index in [2.05, 4.69) is 17.9 Å². The van der Waals surface area contributed by atoms with E-state index >= 15 is 0 Å². The minimum absolute atomic E-state index is 0.762. The third-order valence-electron chi connectivity index (χ3n) is 3.65. The molecule has 1 aliphatic rings. The second-order valence-corrected chi connectivity index (χ2v) is 4.87. The van der Waals surface area contributed by atoms with E-state index in [0.717, 1.165) is 23.9 Å². The second kappa shape index (κ2) is 5.41. The van der Waals surface area contributed by atoms with Crippen LogP contribution < -0.4 is 10.5 Å². The fourth-order valence-electron chi connectivity index (χ4n) is 2.52. The van der Waals surface area contributed by atoms with E-state index in [1.807, 2.05) is 12.1 Å². The number of anilines is 1. The highest BCUT2D eigenvalue weighted by Gasteiger charge is 2.21. The second-order valence-electron chi connectivity index (χ2n) is 4.87. The van der Waals surface area contributed by atoms with Gasteiger partial charge in [0.1, 0.15) is 5.75 Å². The molecule has 1 atom stereocenters. The number of hydrogen-bond donors (Lipinski definition) is 1. The molecule has 1 aromatic carbocycles. The number of rotatable bonds is 4. The summed E-state index contributed by atoms with van der Waals surface area (Å²) >= 11 is 0. The summed E-state index contributed by atoms with van der Waals surface area (Å²) in [5.41, 5.74) is 7.76. The van der Waals surface area contributed by atoms with Crippen LogP contribution in [0.2, 0.25) is 0 Å². The summed E-state index contributed by atoms with van der Waals surface area (Å²) in [5.74, 6) is 1.78. The summed E-state index contributed by atoms with van der Waals surface area (Å²) in [6.07, 6.45) is 2.61. The van der Waals surface area contributed by atoms with Crippen molar-refractivity contribution in [3.8, 4) is 5.75 Å². The Kier molecular flexibility index (Phi) is 3.89. The topological polar surface area (TPSA) is 38.5 Å². The molecule has 1 heterocycles. The summed E-state index contributed by atoms with van der Waals surface area (Å²) in [7, 11) is 1.71. The molecule has 0 aromatic heterocycles. The van der Waals surface area contributed by atoms with E-state index < -0.39 is 0 Å². The van der Waals surface area contributed by atoms with Crippen molar-refractivity contribution in [1.82, 2.24) is 4.90 Å². The predicted octanol–water partition coefficient (Wildman–Crippen LogP) is 2.51. The molecule has 1 aromatic rings. The fourth-order valence-corrected chi connectivity index (χ4v) is 2.52. The number of hydrogen-bond acceptors (Lipinski definition) is 3. The Morgan fingerprint density at radius 2 is 2.29 bits per heavy atom. The Morgan fingerprint density at radius 3 is 2.94 bits per heavy atom. The molecule has 1 aliphatic heterocycles. The maximum absolute atomic E-state index is 5.76. The largest absolute Gasteiger partial charge is 0.496 e. The standard InChI is InChI=1S/C14H22N2O/c1-3-11-6-7-16(9-11)10-12-4-5-13(15)8-14(12)17-2/h4-5,8,11H,3,6-7,9-10,15H2,1-2H3. The van der Waals surface area contributed by atoms with Gasteiger partial charge in [-0.25, -0.2) is 0 Å². The highest BCUT2D eigenvalue weighted by Crippen LogP contribution is 2.26. The van der Waals surface area contributed by atoms with Crippen molar-refractivity contribution >= 4 is 5.69 Å². The zero-order valence-corrected chi connectivity index (χ0v) is 10.8. The first-order valence-electron chi connectivity index (χ1n) is 6.37. The highest BCUT2D eigenvalue weighted by atomic mass is 16.5. The number of nitrogen functional groups attached to an aromatic ring is 1. The van der Waals surface area contributed by atoms with Crippen molar-refractivity contribution < 1.29 is 4.74 Å². The van der Waals surface area contributed by atoms with E-state index in [9.17, 15) is 0 Å². The molecule has 2 N–H and O–H groups in total. The lowest BCUT2D eigenvalue weighted by molar-refractivity contribution is 0.307. The van der Waals surface area contributed by atoms with Gasteiger partial charge in [0.15, 0.2) is 0 Å². The van der Waals surface area contributed by atoms with Gasteiger partial charge < -0.3 is 10.5 Å².